The zero-order valence-electron chi connectivity index (χ0n) is 13.1. The van der Waals surface area contributed by atoms with E-state index >= 15 is 0 Å². The Balaban J connectivity index is 1.74. The number of carbonyl (C=O) groups is 1. The van der Waals surface area contributed by atoms with E-state index in [2.05, 4.69) is 9.89 Å². The van der Waals surface area contributed by atoms with E-state index in [-0.39, 0.29) is 11.6 Å². The van der Waals surface area contributed by atoms with Gasteiger partial charge in [-0.05, 0) is 61.7 Å². The molecule has 3 nitrogen and oxygen atoms in total. The monoisotopic (exact) mass is 310 g/mol. The highest BCUT2D eigenvalue weighted by molar-refractivity contribution is 5.94. The summed E-state index contributed by atoms with van der Waals surface area (Å²) < 4.78 is 14.2. The topological polar surface area (TPSA) is 32.7 Å². The highest BCUT2D eigenvalue weighted by Crippen LogP contribution is 2.24. The van der Waals surface area contributed by atoms with E-state index in [9.17, 15) is 9.18 Å². The van der Waals surface area contributed by atoms with Gasteiger partial charge in [0.15, 0.2) is 5.78 Å². The summed E-state index contributed by atoms with van der Waals surface area (Å²) in [7, 11) is 0. The maximum Gasteiger partial charge on any atom is 0.159 e. The van der Waals surface area contributed by atoms with Crippen LogP contribution in [-0.4, -0.2) is 25.1 Å². The Labute approximate surface area is 135 Å². The van der Waals surface area contributed by atoms with Crippen LogP contribution in [0.25, 0.3) is 0 Å². The Kier molecular flexibility index (Phi) is 4.51. The molecule has 0 atom stereocenters. The van der Waals surface area contributed by atoms with Gasteiger partial charge in [-0.1, -0.05) is 6.07 Å². The summed E-state index contributed by atoms with van der Waals surface area (Å²) in [6.07, 6.45) is 3.89. The van der Waals surface area contributed by atoms with Crippen molar-refractivity contribution in [3.05, 3.63) is 59.4 Å². The van der Waals surface area contributed by atoms with E-state index in [0.29, 0.717) is 11.3 Å². The number of hydrogen-bond donors (Lipinski definition) is 0. The number of carbonyl (C=O) groups excluding carboxylic acids is 1. The second-order valence-corrected chi connectivity index (χ2v) is 5.77. The van der Waals surface area contributed by atoms with Crippen molar-refractivity contribution in [1.82, 2.24) is 0 Å². The largest absolute Gasteiger partial charge is 0.369 e. The van der Waals surface area contributed by atoms with Gasteiger partial charge in [-0.25, -0.2) is 4.39 Å². The van der Waals surface area contributed by atoms with E-state index in [1.165, 1.54) is 13.0 Å². The van der Waals surface area contributed by atoms with Gasteiger partial charge in [0.05, 0.1) is 11.4 Å². The Hall–Kier alpha value is -2.49. The third-order valence-electron chi connectivity index (χ3n) is 4.06. The predicted molar refractivity (Wildman–Crippen MR) is 91.5 cm³/mol. The summed E-state index contributed by atoms with van der Waals surface area (Å²) in [6, 6.07) is 12.3. The molecule has 2 aromatic carbocycles. The van der Waals surface area contributed by atoms with Gasteiger partial charge >= 0.3 is 0 Å². The number of nitrogens with zero attached hydrogens (tertiary/aromatic N) is 2. The normalized spacial score (nSPS) is 14.6. The summed E-state index contributed by atoms with van der Waals surface area (Å²) in [4.78, 5) is 17.6. The van der Waals surface area contributed by atoms with Crippen molar-refractivity contribution in [2.45, 2.75) is 19.8 Å². The van der Waals surface area contributed by atoms with Gasteiger partial charge in [0.25, 0.3) is 0 Å². The lowest BCUT2D eigenvalue weighted by atomic mass is 10.1. The van der Waals surface area contributed by atoms with Crippen LogP contribution < -0.4 is 4.90 Å². The minimum atomic E-state index is -0.206. The first-order chi connectivity index (χ1) is 11.1. The van der Waals surface area contributed by atoms with E-state index in [1.807, 2.05) is 12.1 Å². The fraction of sp³-hybridized carbons (Fsp3) is 0.263. The molecule has 2 aromatic rings. The third kappa shape index (κ3) is 3.65. The van der Waals surface area contributed by atoms with Crippen LogP contribution in [0.2, 0.25) is 0 Å². The molecule has 1 aliphatic rings. The third-order valence-corrected chi connectivity index (χ3v) is 4.06. The minimum absolute atomic E-state index is 0.0279. The van der Waals surface area contributed by atoms with Gasteiger partial charge < -0.3 is 4.90 Å². The second kappa shape index (κ2) is 6.73. The molecule has 118 valence electrons. The summed E-state index contributed by atoms with van der Waals surface area (Å²) in [5.74, 6) is -0.178. The van der Waals surface area contributed by atoms with Crippen molar-refractivity contribution in [2.75, 3.05) is 18.0 Å². The molecule has 1 saturated heterocycles. The zero-order valence-corrected chi connectivity index (χ0v) is 13.1. The van der Waals surface area contributed by atoms with Gasteiger partial charge in [-0.2, -0.15) is 0 Å². The van der Waals surface area contributed by atoms with Crippen LogP contribution in [-0.2, 0) is 0 Å². The quantitative estimate of drug-likeness (QED) is 0.620. The summed E-state index contributed by atoms with van der Waals surface area (Å²) in [6.45, 7) is 3.38. The Morgan fingerprint density at radius 2 is 1.83 bits per heavy atom. The molecular formula is C19H19FN2O. The predicted octanol–water partition coefficient (Wildman–Crippen LogP) is 4.38. The van der Waals surface area contributed by atoms with E-state index in [4.69, 9.17) is 0 Å². The first kappa shape index (κ1) is 15.4. The molecule has 1 fully saturated rings. The molecule has 0 saturated carbocycles. The van der Waals surface area contributed by atoms with E-state index < -0.39 is 0 Å². The van der Waals surface area contributed by atoms with Gasteiger partial charge in [0, 0.05) is 24.9 Å². The molecule has 0 unspecified atom stereocenters. The summed E-state index contributed by atoms with van der Waals surface area (Å²) in [5, 5.41) is 0. The second-order valence-electron chi connectivity index (χ2n) is 5.77. The summed E-state index contributed by atoms with van der Waals surface area (Å²) in [5.41, 5.74) is 2.79. The average Bonchev–Trinajstić information content (AvgIpc) is 3.07. The molecule has 1 heterocycles. The minimum Gasteiger partial charge on any atom is -0.369 e. The molecule has 23 heavy (non-hydrogen) atoms. The Morgan fingerprint density at radius 1 is 1.13 bits per heavy atom. The highest BCUT2D eigenvalue weighted by Gasteiger charge is 2.15. The molecule has 0 aromatic heterocycles. The molecule has 1 aliphatic heterocycles. The molecule has 0 bridgehead atoms. The number of anilines is 1. The zero-order chi connectivity index (χ0) is 16.2. The molecule has 0 amide bonds. The van der Waals surface area contributed by atoms with Crippen molar-refractivity contribution in [2.24, 2.45) is 4.99 Å². The number of rotatable bonds is 4. The maximum atomic E-state index is 14.2. The van der Waals surface area contributed by atoms with Crippen molar-refractivity contribution in [3.8, 4) is 0 Å². The SMILES string of the molecule is CC(=O)c1ccc(N=Cc2ccc(N3CCCC3)c(F)c2)cc1. The molecule has 0 N–H and O–H groups in total. The number of halogens is 1. The van der Waals surface area contributed by atoms with Gasteiger partial charge in [-0.3, -0.25) is 9.79 Å². The van der Waals surface area contributed by atoms with Crippen molar-refractivity contribution in [3.63, 3.8) is 0 Å². The summed E-state index contributed by atoms with van der Waals surface area (Å²) >= 11 is 0. The van der Waals surface area contributed by atoms with Gasteiger partial charge in [0.2, 0.25) is 0 Å². The van der Waals surface area contributed by atoms with Crippen molar-refractivity contribution >= 4 is 23.4 Å². The van der Waals surface area contributed by atoms with Crippen LogP contribution in [0.15, 0.2) is 47.5 Å². The fourth-order valence-corrected chi connectivity index (χ4v) is 2.75. The molecule has 0 spiro atoms. The lowest BCUT2D eigenvalue weighted by Gasteiger charge is -2.18. The first-order valence-corrected chi connectivity index (χ1v) is 7.83. The van der Waals surface area contributed by atoms with Crippen LogP contribution in [0.5, 0.6) is 0 Å². The Morgan fingerprint density at radius 3 is 2.43 bits per heavy atom. The first-order valence-electron chi connectivity index (χ1n) is 7.83. The van der Waals surface area contributed by atoms with Gasteiger partial charge in [0.1, 0.15) is 5.82 Å². The Bertz CT molecular complexity index is 732. The van der Waals surface area contributed by atoms with Crippen LogP contribution in [0, 0.1) is 5.82 Å². The van der Waals surface area contributed by atoms with Crippen LogP contribution in [0.3, 0.4) is 0 Å². The lowest BCUT2D eigenvalue weighted by Crippen LogP contribution is -2.18. The molecule has 3 rings (SSSR count). The molecular weight excluding hydrogens is 291 g/mol. The van der Waals surface area contributed by atoms with Crippen LogP contribution in [0.4, 0.5) is 15.8 Å². The number of ketones is 1. The fourth-order valence-electron chi connectivity index (χ4n) is 2.75. The number of aliphatic imine (C=N–C) groups is 1. The average molecular weight is 310 g/mol. The van der Waals surface area contributed by atoms with E-state index in [0.717, 1.165) is 37.2 Å². The molecule has 4 heteroatoms. The van der Waals surface area contributed by atoms with Gasteiger partial charge in [-0.15, -0.1) is 0 Å². The van der Waals surface area contributed by atoms with Crippen LogP contribution in [0.1, 0.15) is 35.7 Å². The van der Waals surface area contributed by atoms with Crippen LogP contribution >= 0.6 is 0 Å². The standard InChI is InChI=1S/C19H19FN2O/c1-14(23)16-5-7-17(8-6-16)21-13-15-4-9-19(18(20)12-15)22-10-2-3-11-22/h4-9,12-13H,2-3,10-11H2,1H3. The molecule has 0 aliphatic carbocycles. The van der Waals surface area contributed by atoms with Crippen molar-refractivity contribution < 1.29 is 9.18 Å². The van der Waals surface area contributed by atoms with E-state index in [1.54, 1.807) is 30.5 Å². The highest BCUT2D eigenvalue weighted by atomic mass is 19.1. The number of benzene rings is 2. The number of hydrogen-bond acceptors (Lipinski definition) is 3. The lowest BCUT2D eigenvalue weighted by molar-refractivity contribution is 0.101. The van der Waals surface area contributed by atoms with Crippen molar-refractivity contribution in [1.29, 1.82) is 0 Å². The number of Topliss-reactive ketones (excluding diaryl/α,β-unsaturated/α-hetero) is 1. The maximum absolute atomic E-state index is 14.2. The molecule has 0 radical (unpaired) electrons. The smallest absolute Gasteiger partial charge is 0.159 e.